The van der Waals surface area contributed by atoms with E-state index in [-0.39, 0.29) is 12.9 Å². The lowest BCUT2D eigenvalue weighted by atomic mass is 9.77. The Bertz CT molecular complexity index is 894. The van der Waals surface area contributed by atoms with Crippen LogP contribution in [0.25, 0.3) is 11.5 Å². The van der Waals surface area contributed by atoms with Crippen molar-refractivity contribution in [2.75, 3.05) is 13.9 Å². The van der Waals surface area contributed by atoms with Crippen molar-refractivity contribution in [2.24, 2.45) is 0 Å². The lowest BCUT2D eigenvalue weighted by molar-refractivity contribution is 0.0453. The number of benzene rings is 1. The van der Waals surface area contributed by atoms with E-state index < -0.39 is 0 Å². The van der Waals surface area contributed by atoms with E-state index in [4.69, 9.17) is 18.7 Å². The second-order valence-electron chi connectivity index (χ2n) is 6.25. The normalized spacial score (nSPS) is 18.7. The first-order valence-corrected chi connectivity index (χ1v) is 9.34. The lowest BCUT2D eigenvalue weighted by Gasteiger charge is -2.35. The van der Waals surface area contributed by atoms with Gasteiger partial charge in [0.25, 0.3) is 5.88 Å². The van der Waals surface area contributed by atoms with Gasteiger partial charge in [-0.1, -0.05) is 28.1 Å². The fourth-order valence-corrected chi connectivity index (χ4v) is 3.23. The van der Waals surface area contributed by atoms with E-state index in [0.29, 0.717) is 29.1 Å². The van der Waals surface area contributed by atoms with Gasteiger partial charge in [0.05, 0.1) is 6.07 Å². The van der Waals surface area contributed by atoms with Crippen LogP contribution in [0.1, 0.15) is 24.3 Å². The molecular formula is C19H18BrN3O4. The third-order valence-electron chi connectivity index (χ3n) is 4.43. The van der Waals surface area contributed by atoms with Gasteiger partial charge < -0.3 is 18.7 Å². The highest BCUT2D eigenvalue weighted by molar-refractivity contribution is 9.10. The molecule has 27 heavy (non-hydrogen) atoms. The number of hydrogen-bond acceptors (Lipinski definition) is 7. The van der Waals surface area contributed by atoms with Gasteiger partial charge in [-0.15, -0.1) is 0 Å². The highest BCUT2D eigenvalue weighted by Gasteiger charge is 2.33. The van der Waals surface area contributed by atoms with Crippen LogP contribution >= 0.6 is 15.9 Å². The molecule has 3 aromatic rings. The number of hydrogen-bond donors (Lipinski definition) is 0. The van der Waals surface area contributed by atoms with Crippen molar-refractivity contribution in [2.45, 2.75) is 24.9 Å². The molecule has 1 saturated carbocycles. The molecule has 4 rings (SSSR count). The smallest absolute Gasteiger partial charge is 0.256 e. The Morgan fingerprint density at radius 3 is 2.70 bits per heavy atom. The minimum atomic E-state index is 0.0926. The van der Waals surface area contributed by atoms with Crippen LogP contribution in [-0.4, -0.2) is 35.1 Å². The summed E-state index contributed by atoms with van der Waals surface area (Å²) < 4.78 is 22.6. The van der Waals surface area contributed by atoms with Crippen molar-refractivity contribution in [3.63, 3.8) is 0 Å². The molecule has 0 bridgehead atoms. The molecule has 2 heterocycles. The molecule has 1 fully saturated rings. The van der Waals surface area contributed by atoms with Crippen LogP contribution in [0, 0.1) is 0 Å². The molecule has 0 radical (unpaired) electrons. The molecule has 2 aromatic heterocycles. The summed E-state index contributed by atoms with van der Waals surface area (Å²) in [5, 5.41) is 3.84. The summed E-state index contributed by atoms with van der Waals surface area (Å²) in [6, 6.07) is 10.1. The number of aromatic nitrogens is 3. The SMILES string of the molecule is COCOc1cc(-c2nccnc2OC2CC(c3ccc(Br)cc3)C2)on1. The minimum absolute atomic E-state index is 0.0926. The molecule has 140 valence electrons. The highest BCUT2D eigenvalue weighted by Crippen LogP contribution is 2.40. The van der Waals surface area contributed by atoms with Crippen LogP contribution in [0.2, 0.25) is 0 Å². The van der Waals surface area contributed by atoms with Gasteiger partial charge in [0.2, 0.25) is 5.88 Å². The number of rotatable bonds is 7. The molecular weight excluding hydrogens is 414 g/mol. The zero-order valence-electron chi connectivity index (χ0n) is 14.7. The minimum Gasteiger partial charge on any atom is -0.473 e. The zero-order valence-corrected chi connectivity index (χ0v) is 16.3. The van der Waals surface area contributed by atoms with E-state index in [2.05, 4.69) is 55.3 Å². The molecule has 0 unspecified atom stereocenters. The van der Waals surface area contributed by atoms with E-state index in [1.807, 2.05) is 0 Å². The number of ether oxygens (including phenoxy) is 3. The molecule has 0 saturated heterocycles. The summed E-state index contributed by atoms with van der Waals surface area (Å²) in [5.41, 5.74) is 1.83. The van der Waals surface area contributed by atoms with Crippen molar-refractivity contribution in [1.82, 2.24) is 15.1 Å². The van der Waals surface area contributed by atoms with E-state index in [1.165, 1.54) is 12.7 Å². The number of nitrogens with zero attached hydrogens (tertiary/aromatic N) is 3. The maximum Gasteiger partial charge on any atom is 0.256 e. The van der Waals surface area contributed by atoms with Gasteiger partial charge in [0.15, 0.2) is 18.2 Å². The quantitative estimate of drug-likeness (QED) is 0.518. The molecule has 1 aliphatic carbocycles. The van der Waals surface area contributed by atoms with Crippen LogP contribution < -0.4 is 9.47 Å². The summed E-state index contributed by atoms with van der Waals surface area (Å²) in [7, 11) is 1.54. The predicted molar refractivity (Wildman–Crippen MR) is 101 cm³/mol. The van der Waals surface area contributed by atoms with Crippen molar-refractivity contribution in [3.8, 4) is 23.2 Å². The van der Waals surface area contributed by atoms with Crippen LogP contribution in [-0.2, 0) is 4.74 Å². The fraction of sp³-hybridized carbons (Fsp3) is 0.316. The summed E-state index contributed by atoms with van der Waals surface area (Å²) in [6.07, 6.45) is 5.17. The second-order valence-corrected chi connectivity index (χ2v) is 7.17. The van der Waals surface area contributed by atoms with Crippen LogP contribution in [0.5, 0.6) is 11.8 Å². The number of methoxy groups -OCH3 is 1. The Hall–Kier alpha value is -2.45. The van der Waals surface area contributed by atoms with Crippen molar-refractivity contribution < 1.29 is 18.7 Å². The first-order chi connectivity index (χ1) is 13.2. The molecule has 0 spiro atoms. The van der Waals surface area contributed by atoms with Gasteiger partial charge in [0, 0.05) is 24.0 Å². The molecule has 0 atom stereocenters. The Balaban J connectivity index is 1.42. The Morgan fingerprint density at radius 1 is 1.15 bits per heavy atom. The average Bonchev–Trinajstić information content (AvgIpc) is 3.13. The van der Waals surface area contributed by atoms with Gasteiger partial charge in [-0.3, -0.25) is 0 Å². The third kappa shape index (κ3) is 4.12. The Labute approximate surface area is 164 Å². The maximum absolute atomic E-state index is 6.07. The maximum atomic E-state index is 6.07. The van der Waals surface area contributed by atoms with Crippen molar-refractivity contribution >= 4 is 15.9 Å². The first-order valence-electron chi connectivity index (χ1n) is 8.55. The topological polar surface area (TPSA) is 79.5 Å². The fourth-order valence-electron chi connectivity index (χ4n) is 2.97. The Kier molecular flexibility index (Phi) is 5.35. The van der Waals surface area contributed by atoms with E-state index >= 15 is 0 Å². The second kappa shape index (κ2) is 8.06. The standard InChI is InChI=1S/C19H18BrN3O4/c1-24-11-25-17-10-16(27-23-17)18-19(22-7-6-21-18)26-15-8-13(9-15)12-2-4-14(20)5-3-12/h2-7,10,13,15H,8-9,11H2,1H3. The van der Waals surface area contributed by atoms with Crippen molar-refractivity contribution in [1.29, 1.82) is 0 Å². The summed E-state index contributed by atoms with van der Waals surface area (Å²) in [5.74, 6) is 1.70. The first kappa shape index (κ1) is 17.9. The molecule has 7 nitrogen and oxygen atoms in total. The van der Waals surface area contributed by atoms with Crippen LogP contribution in [0.15, 0.2) is 51.7 Å². The van der Waals surface area contributed by atoms with Gasteiger partial charge in [0.1, 0.15) is 6.10 Å². The van der Waals surface area contributed by atoms with Crippen molar-refractivity contribution in [3.05, 3.63) is 52.8 Å². The summed E-state index contributed by atoms with van der Waals surface area (Å²) in [4.78, 5) is 8.64. The molecule has 1 aliphatic rings. The molecule has 0 aliphatic heterocycles. The average molecular weight is 432 g/mol. The van der Waals surface area contributed by atoms with Gasteiger partial charge in [-0.05, 0) is 41.6 Å². The summed E-state index contributed by atoms with van der Waals surface area (Å²) >= 11 is 3.47. The van der Waals surface area contributed by atoms with Gasteiger partial charge in [-0.2, -0.15) is 0 Å². The molecule has 0 amide bonds. The van der Waals surface area contributed by atoms with Gasteiger partial charge >= 0.3 is 0 Å². The predicted octanol–water partition coefficient (Wildman–Crippen LogP) is 4.20. The van der Waals surface area contributed by atoms with Crippen LogP contribution in [0.4, 0.5) is 0 Å². The lowest BCUT2D eigenvalue weighted by Crippen LogP contribution is -2.32. The van der Waals surface area contributed by atoms with E-state index in [0.717, 1.165) is 17.3 Å². The Morgan fingerprint density at radius 2 is 1.93 bits per heavy atom. The number of halogens is 1. The summed E-state index contributed by atoms with van der Waals surface area (Å²) in [6.45, 7) is 0.0926. The zero-order chi connectivity index (χ0) is 18.6. The van der Waals surface area contributed by atoms with E-state index in [1.54, 1.807) is 18.5 Å². The molecule has 0 N–H and O–H groups in total. The van der Waals surface area contributed by atoms with Gasteiger partial charge in [-0.25, -0.2) is 9.97 Å². The van der Waals surface area contributed by atoms with E-state index in [9.17, 15) is 0 Å². The molecule has 8 heteroatoms. The third-order valence-corrected chi connectivity index (χ3v) is 4.95. The highest BCUT2D eigenvalue weighted by atomic mass is 79.9. The largest absolute Gasteiger partial charge is 0.473 e. The van der Waals surface area contributed by atoms with Crippen LogP contribution in [0.3, 0.4) is 0 Å². The molecule has 1 aromatic carbocycles. The monoisotopic (exact) mass is 431 g/mol.